The molecule has 0 bridgehead atoms. The molecule has 1 aromatic carbocycles. The Kier molecular flexibility index (Phi) is 5.00. The maximum atomic E-state index is 15.0. The molecule has 8 nitrogen and oxygen atoms in total. The number of carboxylic acid groups (broad SMARTS) is 1. The lowest BCUT2D eigenvalue weighted by Gasteiger charge is -2.12. The number of carboxylic acids is 1. The second-order valence-corrected chi connectivity index (χ2v) is 7.95. The number of ether oxygens (including phenoxy) is 1. The molecule has 0 spiro atoms. The molecule has 1 amide bonds. The van der Waals surface area contributed by atoms with Crippen molar-refractivity contribution in [1.82, 2.24) is 9.55 Å². The number of fused-ring (bicyclic) bond motifs is 3. The van der Waals surface area contributed by atoms with E-state index in [2.05, 4.69) is 4.98 Å². The van der Waals surface area contributed by atoms with E-state index in [4.69, 9.17) is 10.5 Å². The van der Waals surface area contributed by atoms with Crippen molar-refractivity contribution < 1.29 is 33.0 Å². The number of hydrogen-bond donors (Lipinski definition) is 2. The molecule has 2 aromatic heterocycles. The van der Waals surface area contributed by atoms with Crippen LogP contribution in [0.5, 0.6) is 5.75 Å². The van der Waals surface area contributed by atoms with Gasteiger partial charge in [0.15, 0.2) is 5.78 Å². The smallest absolute Gasteiger partial charge is 0.353 e. The number of ketones is 1. The van der Waals surface area contributed by atoms with E-state index in [0.29, 0.717) is 0 Å². The molecule has 0 saturated heterocycles. The summed E-state index contributed by atoms with van der Waals surface area (Å²) < 4.78 is 36.4. The van der Waals surface area contributed by atoms with Gasteiger partial charge in [-0.15, -0.1) is 0 Å². The number of halogens is 2. The van der Waals surface area contributed by atoms with Crippen molar-refractivity contribution in [2.24, 2.45) is 5.73 Å². The first-order valence-corrected chi connectivity index (χ1v) is 10.4. The number of amides is 1. The van der Waals surface area contributed by atoms with Crippen LogP contribution >= 0.6 is 0 Å². The van der Waals surface area contributed by atoms with Crippen LogP contribution in [0, 0.1) is 11.8 Å². The molecular formula is C24H17F2N3O5. The standard InChI is InChI=1S/C24H17F2N3O5/c25-15-8-16-19(21-13(15)5-6-34-21)18(14-3-1-2-4-17(14)30)20(24(32)33)29(16)10-12-7-11(23(27)31)9-28-22(12)26/h1-3,7-9H,4-6,10H2,(H2,27,31)(H,32,33). The number of benzene rings is 1. The highest BCUT2D eigenvalue weighted by molar-refractivity contribution is 6.28. The van der Waals surface area contributed by atoms with E-state index >= 15 is 0 Å². The van der Waals surface area contributed by atoms with Crippen molar-refractivity contribution in [1.29, 1.82) is 0 Å². The van der Waals surface area contributed by atoms with E-state index in [1.165, 1.54) is 10.6 Å². The monoisotopic (exact) mass is 465 g/mol. The topological polar surface area (TPSA) is 125 Å². The number of rotatable bonds is 5. The number of carbonyl (C=O) groups excluding carboxylic acids is 2. The molecule has 3 heterocycles. The van der Waals surface area contributed by atoms with Crippen molar-refractivity contribution in [3.8, 4) is 5.75 Å². The summed E-state index contributed by atoms with van der Waals surface area (Å²) in [6.45, 7) is -0.210. The van der Waals surface area contributed by atoms with Gasteiger partial charge in [0.2, 0.25) is 11.9 Å². The van der Waals surface area contributed by atoms with Crippen LogP contribution in [0.4, 0.5) is 8.78 Å². The van der Waals surface area contributed by atoms with Crippen LogP contribution in [0.15, 0.2) is 36.6 Å². The SMILES string of the molecule is NC(=O)c1cnc(F)c(Cn2c(C(=O)O)c(C3=CC=CCC3=O)c3c4c(c(F)cc32)CCO4)c1. The molecule has 10 heteroatoms. The number of carbonyl (C=O) groups is 3. The third kappa shape index (κ3) is 3.26. The molecule has 3 aromatic rings. The van der Waals surface area contributed by atoms with E-state index in [1.807, 2.05) is 0 Å². The van der Waals surface area contributed by atoms with Crippen LogP contribution in [0.1, 0.15) is 44.0 Å². The van der Waals surface area contributed by atoms with Crippen LogP contribution in [0.25, 0.3) is 16.5 Å². The first kappa shape index (κ1) is 21.5. The Bertz CT molecular complexity index is 1490. The van der Waals surface area contributed by atoms with Crippen LogP contribution in [-0.4, -0.2) is 38.9 Å². The van der Waals surface area contributed by atoms with Gasteiger partial charge in [0.25, 0.3) is 0 Å². The molecule has 0 radical (unpaired) electrons. The Balaban J connectivity index is 1.86. The fraction of sp³-hybridized carbons (Fsp3) is 0.167. The minimum absolute atomic E-state index is 0.0704. The summed E-state index contributed by atoms with van der Waals surface area (Å²) in [5, 5.41) is 10.4. The second-order valence-electron chi connectivity index (χ2n) is 7.95. The Morgan fingerprint density at radius 3 is 2.76 bits per heavy atom. The zero-order valence-corrected chi connectivity index (χ0v) is 17.6. The zero-order valence-electron chi connectivity index (χ0n) is 17.6. The number of nitrogens with zero attached hydrogens (tertiary/aromatic N) is 2. The summed E-state index contributed by atoms with van der Waals surface area (Å²) in [6.07, 6.45) is 6.10. The molecular weight excluding hydrogens is 448 g/mol. The van der Waals surface area contributed by atoms with Gasteiger partial charge in [-0.2, -0.15) is 4.39 Å². The molecule has 172 valence electrons. The van der Waals surface area contributed by atoms with E-state index in [1.54, 1.807) is 12.2 Å². The zero-order chi connectivity index (χ0) is 24.1. The molecule has 0 saturated carbocycles. The molecule has 1 aliphatic heterocycles. The number of aromatic nitrogens is 2. The molecule has 0 atom stereocenters. The van der Waals surface area contributed by atoms with Crippen molar-refractivity contribution in [3.63, 3.8) is 0 Å². The Hall–Kier alpha value is -4.34. The van der Waals surface area contributed by atoms with Gasteiger partial charge in [-0.1, -0.05) is 18.2 Å². The minimum Gasteiger partial charge on any atom is -0.492 e. The van der Waals surface area contributed by atoms with Crippen molar-refractivity contribution in [2.75, 3.05) is 6.61 Å². The summed E-state index contributed by atoms with van der Waals surface area (Å²) in [6, 6.07) is 2.32. The quantitative estimate of drug-likeness (QED) is 0.558. The Morgan fingerprint density at radius 2 is 2.06 bits per heavy atom. The average molecular weight is 465 g/mol. The van der Waals surface area contributed by atoms with Gasteiger partial charge in [-0.3, -0.25) is 9.59 Å². The molecule has 5 rings (SSSR count). The lowest BCUT2D eigenvalue weighted by atomic mass is 9.92. The highest BCUT2D eigenvalue weighted by Crippen LogP contribution is 2.44. The number of nitrogens with two attached hydrogens (primary N) is 1. The minimum atomic E-state index is -1.40. The fourth-order valence-electron chi connectivity index (χ4n) is 4.45. The maximum Gasteiger partial charge on any atom is 0.353 e. The lowest BCUT2D eigenvalue weighted by Crippen LogP contribution is -2.16. The second kappa shape index (κ2) is 7.91. The van der Waals surface area contributed by atoms with Gasteiger partial charge in [0, 0.05) is 41.3 Å². The molecule has 0 fully saturated rings. The summed E-state index contributed by atoms with van der Waals surface area (Å²) in [4.78, 5) is 40.4. The molecule has 0 unspecified atom stereocenters. The number of Topliss-reactive ketones (excluding diaryl/α,β-unsaturated/α-hetero) is 1. The van der Waals surface area contributed by atoms with Gasteiger partial charge >= 0.3 is 5.97 Å². The number of primary amides is 1. The fourth-order valence-corrected chi connectivity index (χ4v) is 4.45. The summed E-state index contributed by atoms with van der Waals surface area (Å²) in [7, 11) is 0. The van der Waals surface area contributed by atoms with Gasteiger partial charge in [0.1, 0.15) is 17.3 Å². The maximum absolute atomic E-state index is 15.0. The number of allylic oxidation sites excluding steroid dienone is 4. The number of pyridine rings is 1. The number of aromatic carboxylic acids is 1. The van der Waals surface area contributed by atoms with E-state index in [0.717, 1.165) is 18.3 Å². The largest absolute Gasteiger partial charge is 0.492 e. The lowest BCUT2D eigenvalue weighted by molar-refractivity contribution is -0.113. The van der Waals surface area contributed by atoms with E-state index < -0.39 is 30.2 Å². The van der Waals surface area contributed by atoms with Crippen LogP contribution < -0.4 is 10.5 Å². The number of hydrogen-bond acceptors (Lipinski definition) is 5. The van der Waals surface area contributed by atoms with Crippen LogP contribution in [0.3, 0.4) is 0 Å². The average Bonchev–Trinajstić information content (AvgIpc) is 3.39. The molecule has 2 aliphatic rings. The van der Waals surface area contributed by atoms with Gasteiger partial charge in [-0.25, -0.2) is 14.2 Å². The van der Waals surface area contributed by atoms with E-state index in [-0.39, 0.29) is 75.4 Å². The summed E-state index contributed by atoms with van der Waals surface area (Å²) in [5.74, 6) is -3.94. The third-order valence-corrected chi connectivity index (χ3v) is 5.95. The van der Waals surface area contributed by atoms with Crippen LogP contribution in [0.2, 0.25) is 0 Å². The first-order valence-electron chi connectivity index (χ1n) is 10.4. The molecule has 34 heavy (non-hydrogen) atoms. The van der Waals surface area contributed by atoms with Gasteiger partial charge in [-0.05, 0) is 12.1 Å². The van der Waals surface area contributed by atoms with Gasteiger partial charge in [0.05, 0.1) is 29.6 Å². The molecule has 3 N–H and O–H groups in total. The van der Waals surface area contributed by atoms with Crippen molar-refractivity contribution in [2.45, 2.75) is 19.4 Å². The van der Waals surface area contributed by atoms with Crippen LogP contribution in [-0.2, 0) is 17.8 Å². The molecule has 1 aliphatic carbocycles. The van der Waals surface area contributed by atoms with E-state index in [9.17, 15) is 28.3 Å². The highest BCUT2D eigenvalue weighted by Gasteiger charge is 2.33. The normalized spacial score (nSPS) is 14.8. The van der Waals surface area contributed by atoms with Crippen molar-refractivity contribution in [3.05, 3.63) is 76.3 Å². The summed E-state index contributed by atoms with van der Waals surface area (Å²) >= 11 is 0. The predicted octanol–water partition coefficient (Wildman–Crippen LogP) is 3.01. The Morgan fingerprint density at radius 1 is 1.26 bits per heavy atom. The first-order chi connectivity index (χ1) is 16.3. The summed E-state index contributed by atoms with van der Waals surface area (Å²) in [5.41, 5.74) is 5.34. The highest BCUT2D eigenvalue weighted by atomic mass is 19.1. The van der Waals surface area contributed by atoms with Gasteiger partial charge < -0.3 is 20.1 Å². The van der Waals surface area contributed by atoms with Crippen molar-refractivity contribution >= 4 is 34.1 Å². The predicted molar refractivity (Wildman–Crippen MR) is 117 cm³/mol. The third-order valence-electron chi connectivity index (χ3n) is 5.95. The Labute approximate surface area is 190 Å².